The number of carbonyl (C=O) groups is 1. The molecular formula is C28H26NO2+. The Kier molecular flexibility index (Phi) is 6.23. The maximum Gasteiger partial charge on any atom is 0.375 e. The second kappa shape index (κ2) is 9.40. The zero-order chi connectivity index (χ0) is 21.6. The van der Waals surface area contributed by atoms with E-state index in [1.807, 2.05) is 68.4 Å². The number of nitrogens with zero attached hydrogens (tertiary/aromatic N) is 1. The number of aromatic nitrogens is 1. The molecule has 154 valence electrons. The van der Waals surface area contributed by atoms with Crippen molar-refractivity contribution in [1.82, 2.24) is 0 Å². The van der Waals surface area contributed by atoms with Crippen molar-refractivity contribution >= 4 is 5.97 Å². The minimum absolute atomic E-state index is 0.241. The molecule has 1 atom stereocenters. The molecule has 0 spiro atoms. The molecule has 0 aliphatic heterocycles. The molecule has 0 aliphatic rings. The fraction of sp³-hybridized carbons (Fsp3) is 0.143. The van der Waals surface area contributed by atoms with Gasteiger partial charge in [-0.2, -0.15) is 4.57 Å². The maximum atomic E-state index is 12.8. The third-order valence-corrected chi connectivity index (χ3v) is 5.36. The first-order valence-corrected chi connectivity index (χ1v) is 10.6. The lowest BCUT2D eigenvalue weighted by molar-refractivity contribution is -0.686. The molecule has 1 unspecified atom stereocenters. The Morgan fingerprint density at radius 3 is 1.55 bits per heavy atom. The standard InChI is InChI=1S/C28H26NO2/c1-3-31-28(30)21(2)29-26(23-15-9-5-10-16-23)19-25(22-13-7-4-8-14-22)20-27(29)24-17-11-6-12-18-24/h4-21H,3H2,1-2H3/q+1. The molecule has 31 heavy (non-hydrogen) atoms. The van der Waals surface area contributed by atoms with Gasteiger partial charge >= 0.3 is 5.97 Å². The van der Waals surface area contributed by atoms with Gasteiger partial charge in [0.25, 0.3) is 6.04 Å². The number of esters is 1. The minimum atomic E-state index is -0.477. The summed E-state index contributed by atoms with van der Waals surface area (Å²) in [5.41, 5.74) is 6.28. The minimum Gasteiger partial charge on any atom is -0.461 e. The summed E-state index contributed by atoms with van der Waals surface area (Å²) in [4.78, 5) is 12.8. The highest BCUT2D eigenvalue weighted by Crippen LogP contribution is 2.30. The molecular weight excluding hydrogens is 382 g/mol. The Morgan fingerprint density at radius 1 is 0.710 bits per heavy atom. The van der Waals surface area contributed by atoms with Crippen LogP contribution in [0.1, 0.15) is 19.9 Å². The van der Waals surface area contributed by atoms with Crippen molar-refractivity contribution in [3.63, 3.8) is 0 Å². The lowest BCUT2D eigenvalue weighted by atomic mass is 9.98. The van der Waals surface area contributed by atoms with Gasteiger partial charge in [-0.3, -0.25) is 0 Å². The average molecular weight is 409 g/mol. The Hall–Kier alpha value is -3.72. The average Bonchev–Trinajstić information content (AvgIpc) is 2.84. The number of pyridine rings is 1. The van der Waals surface area contributed by atoms with Crippen LogP contribution in [0, 0.1) is 0 Å². The van der Waals surface area contributed by atoms with Crippen LogP contribution < -0.4 is 4.57 Å². The number of hydrogen-bond acceptors (Lipinski definition) is 2. The summed E-state index contributed by atoms with van der Waals surface area (Å²) in [7, 11) is 0. The third kappa shape index (κ3) is 4.41. The van der Waals surface area contributed by atoms with Gasteiger partial charge in [0.2, 0.25) is 11.4 Å². The summed E-state index contributed by atoms with van der Waals surface area (Å²) >= 11 is 0. The fourth-order valence-electron chi connectivity index (χ4n) is 3.85. The van der Waals surface area contributed by atoms with Crippen LogP contribution in [0.15, 0.2) is 103 Å². The Balaban J connectivity index is 2.03. The van der Waals surface area contributed by atoms with Crippen molar-refractivity contribution in [2.75, 3.05) is 6.61 Å². The number of rotatable bonds is 6. The molecule has 0 radical (unpaired) electrons. The molecule has 4 aromatic rings. The maximum absolute atomic E-state index is 12.8. The Bertz CT molecular complexity index is 1100. The Labute approximate surface area is 183 Å². The van der Waals surface area contributed by atoms with E-state index in [9.17, 15) is 4.79 Å². The topological polar surface area (TPSA) is 30.2 Å². The SMILES string of the molecule is CCOC(=O)C(C)[n+]1c(-c2ccccc2)cc(-c2ccccc2)cc1-c1ccccc1. The van der Waals surface area contributed by atoms with Crippen molar-refractivity contribution in [3.8, 4) is 33.6 Å². The van der Waals surface area contributed by atoms with Crippen LogP contribution in [-0.4, -0.2) is 12.6 Å². The van der Waals surface area contributed by atoms with E-state index in [0.717, 1.165) is 33.6 Å². The molecule has 3 nitrogen and oxygen atoms in total. The highest BCUT2D eigenvalue weighted by atomic mass is 16.5. The van der Waals surface area contributed by atoms with Crippen LogP contribution in [0.2, 0.25) is 0 Å². The van der Waals surface area contributed by atoms with Crippen molar-refractivity contribution in [2.24, 2.45) is 0 Å². The van der Waals surface area contributed by atoms with Crippen molar-refractivity contribution in [3.05, 3.63) is 103 Å². The lowest BCUT2D eigenvalue weighted by Gasteiger charge is -2.16. The summed E-state index contributed by atoms with van der Waals surface area (Å²) in [5, 5.41) is 0. The predicted octanol–water partition coefficient (Wildman–Crippen LogP) is 6.10. The lowest BCUT2D eigenvalue weighted by Crippen LogP contribution is -2.47. The predicted molar refractivity (Wildman–Crippen MR) is 124 cm³/mol. The van der Waals surface area contributed by atoms with E-state index < -0.39 is 6.04 Å². The molecule has 4 rings (SSSR count). The molecule has 1 aromatic heterocycles. The smallest absolute Gasteiger partial charge is 0.375 e. The van der Waals surface area contributed by atoms with Gasteiger partial charge in [0.15, 0.2) is 0 Å². The van der Waals surface area contributed by atoms with E-state index in [-0.39, 0.29) is 5.97 Å². The molecule has 0 amide bonds. The third-order valence-electron chi connectivity index (χ3n) is 5.36. The van der Waals surface area contributed by atoms with Crippen LogP contribution in [0.5, 0.6) is 0 Å². The number of hydrogen-bond donors (Lipinski definition) is 0. The molecule has 0 fully saturated rings. The molecule has 3 heteroatoms. The van der Waals surface area contributed by atoms with Crippen molar-refractivity contribution < 1.29 is 14.1 Å². The van der Waals surface area contributed by atoms with Gasteiger partial charge in [-0.25, -0.2) is 4.79 Å². The first kappa shape index (κ1) is 20.5. The first-order valence-electron chi connectivity index (χ1n) is 10.6. The van der Waals surface area contributed by atoms with Crippen LogP contribution in [0.25, 0.3) is 33.6 Å². The molecule has 0 N–H and O–H groups in total. The molecule has 0 aliphatic carbocycles. The largest absolute Gasteiger partial charge is 0.461 e. The van der Waals surface area contributed by atoms with Crippen LogP contribution in [0.4, 0.5) is 0 Å². The van der Waals surface area contributed by atoms with E-state index >= 15 is 0 Å². The monoisotopic (exact) mass is 408 g/mol. The highest BCUT2D eigenvalue weighted by Gasteiger charge is 2.32. The van der Waals surface area contributed by atoms with Gasteiger partial charge in [-0.05, 0) is 42.3 Å². The Morgan fingerprint density at radius 2 is 1.13 bits per heavy atom. The zero-order valence-corrected chi connectivity index (χ0v) is 17.9. The van der Waals surface area contributed by atoms with E-state index in [4.69, 9.17) is 4.74 Å². The fourth-order valence-corrected chi connectivity index (χ4v) is 3.85. The molecule has 3 aromatic carbocycles. The second-order valence-electron chi connectivity index (χ2n) is 7.41. The number of ether oxygens (including phenoxy) is 1. The molecule has 0 bridgehead atoms. The van der Waals surface area contributed by atoms with Gasteiger partial charge in [0, 0.05) is 30.2 Å². The molecule has 1 heterocycles. The van der Waals surface area contributed by atoms with E-state index in [2.05, 4.69) is 53.1 Å². The highest BCUT2D eigenvalue weighted by molar-refractivity contribution is 5.76. The van der Waals surface area contributed by atoms with Crippen LogP contribution in [-0.2, 0) is 9.53 Å². The first-order chi connectivity index (χ1) is 15.2. The summed E-state index contributed by atoms with van der Waals surface area (Å²) in [6, 6.07) is 34.6. The van der Waals surface area contributed by atoms with Crippen molar-refractivity contribution in [2.45, 2.75) is 19.9 Å². The van der Waals surface area contributed by atoms with Crippen LogP contribution >= 0.6 is 0 Å². The zero-order valence-electron chi connectivity index (χ0n) is 17.9. The van der Waals surface area contributed by atoms with Gasteiger partial charge in [0.1, 0.15) is 0 Å². The van der Waals surface area contributed by atoms with E-state index in [1.165, 1.54) is 0 Å². The van der Waals surface area contributed by atoms with Gasteiger partial charge in [-0.1, -0.05) is 66.7 Å². The van der Waals surface area contributed by atoms with Crippen LogP contribution in [0.3, 0.4) is 0 Å². The summed E-state index contributed by atoms with van der Waals surface area (Å²) in [5.74, 6) is -0.241. The normalized spacial score (nSPS) is 11.7. The second-order valence-corrected chi connectivity index (χ2v) is 7.41. The number of carbonyl (C=O) groups excluding carboxylic acids is 1. The van der Waals surface area contributed by atoms with Gasteiger partial charge in [0.05, 0.1) is 6.61 Å². The molecule has 0 saturated carbocycles. The van der Waals surface area contributed by atoms with Gasteiger partial charge in [-0.15, -0.1) is 0 Å². The van der Waals surface area contributed by atoms with E-state index in [1.54, 1.807) is 0 Å². The summed E-state index contributed by atoms with van der Waals surface area (Å²) in [6.07, 6.45) is 0. The summed E-state index contributed by atoms with van der Waals surface area (Å²) in [6.45, 7) is 4.09. The van der Waals surface area contributed by atoms with Crippen molar-refractivity contribution in [1.29, 1.82) is 0 Å². The quantitative estimate of drug-likeness (QED) is 0.285. The summed E-state index contributed by atoms with van der Waals surface area (Å²) < 4.78 is 7.49. The molecule has 0 saturated heterocycles. The van der Waals surface area contributed by atoms with E-state index in [0.29, 0.717) is 6.61 Å². The number of benzene rings is 3. The van der Waals surface area contributed by atoms with Gasteiger partial charge < -0.3 is 4.74 Å².